The van der Waals surface area contributed by atoms with Crippen LogP contribution in [0.25, 0.3) is 0 Å². The minimum absolute atomic E-state index is 0.507. The van der Waals surface area contributed by atoms with Gasteiger partial charge in [-0.1, -0.05) is 57.7 Å². The number of nitrogens with two attached hydrogens (primary N) is 1. The first kappa shape index (κ1) is 11.0. The van der Waals surface area contributed by atoms with E-state index in [1.165, 1.54) is 44.9 Å². The topological polar surface area (TPSA) is 26.0 Å². The highest BCUT2D eigenvalue weighted by Gasteiger charge is 2.20. The first-order valence-corrected chi connectivity index (χ1v) is 5.92. The van der Waals surface area contributed by atoms with Crippen molar-refractivity contribution in [1.29, 1.82) is 0 Å². The molecule has 0 aromatic rings. The number of hydrogen-bond acceptors (Lipinski definition) is 1. The molecule has 2 heteroatoms. The second-order valence-corrected chi connectivity index (χ2v) is 4.80. The molecular weight excluding hydrogens is 178 g/mol. The Kier molecular flexibility index (Phi) is 4.71. The molecule has 1 aliphatic rings. The van der Waals surface area contributed by atoms with Crippen LogP contribution in [0.2, 0.25) is 0 Å². The van der Waals surface area contributed by atoms with E-state index in [2.05, 4.69) is 6.92 Å². The van der Waals surface area contributed by atoms with E-state index in [0.717, 1.165) is 4.99 Å². The maximum atomic E-state index is 5.76. The minimum atomic E-state index is 0.507. The zero-order chi connectivity index (χ0) is 9.68. The van der Waals surface area contributed by atoms with Crippen molar-refractivity contribution < 1.29 is 0 Å². The molecule has 0 amide bonds. The number of rotatable bonds is 1. The van der Waals surface area contributed by atoms with Gasteiger partial charge in [0.2, 0.25) is 0 Å². The SMILES string of the molecule is CC1CCCCCCCC1C(N)=S. The molecule has 0 aromatic heterocycles. The molecule has 1 nitrogen and oxygen atoms in total. The molecule has 2 unspecified atom stereocenters. The summed E-state index contributed by atoms with van der Waals surface area (Å²) in [5, 5.41) is 0. The van der Waals surface area contributed by atoms with Crippen LogP contribution in [0.1, 0.15) is 51.9 Å². The molecule has 1 saturated carbocycles. The Morgan fingerprint density at radius 1 is 1.08 bits per heavy atom. The fourth-order valence-electron chi connectivity index (χ4n) is 2.27. The van der Waals surface area contributed by atoms with Crippen LogP contribution in [0.5, 0.6) is 0 Å². The van der Waals surface area contributed by atoms with Crippen molar-refractivity contribution in [2.75, 3.05) is 0 Å². The van der Waals surface area contributed by atoms with Crippen molar-refractivity contribution in [3.63, 3.8) is 0 Å². The Labute approximate surface area is 87.1 Å². The molecule has 1 rings (SSSR count). The van der Waals surface area contributed by atoms with Gasteiger partial charge in [0.15, 0.2) is 0 Å². The van der Waals surface area contributed by atoms with Crippen molar-refractivity contribution in [1.82, 2.24) is 0 Å². The van der Waals surface area contributed by atoms with Crippen LogP contribution in [-0.4, -0.2) is 4.99 Å². The smallest absolute Gasteiger partial charge is 0.0761 e. The fraction of sp³-hybridized carbons (Fsp3) is 0.909. The van der Waals surface area contributed by atoms with Gasteiger partial charge in [0, 0.05) is 5.92 Å². The summed E-state index contributed by atoms with van der Waals surface area (Å²) >= 11 is 5.12. The van der Waals surface area contributed by atoms with Crippen molar-refractivity contribution in [2.24, 2.45) is 17.6 Å². The normalized spacial score (nSPS) is 31.5. The van der Waals surface area contributed by atoms with Crippen LogP contribution in [0.4, 0.5) is 0 Å². The van der Waals surface area contributed by atoms with E-state index in [4.69, 9.17) is 18.0 Å². The Morgan fingerprint density at radius 2 is 1.62 bits per heavy atom. The average Bonchev–Trinajstić information content (AvgIpc) is 2.16. The summed E-state index contributed by atoms with van der Waals surface area (Å²) in [6.45, 7) is 2.30. The standard InChI is InChI=1S/C11H21NS/c1-9-7-5-3-2-4-6-8-10(9)11(12)13/h9-10H,2-8H2,1H3,(H2,12,13). The first-order chi connectivity index (χ1) is 6.22. The maximum Gasteiger partial charge on any atom is 0.0761 e. The number of hydrogen-bond donors (Lipinski definition) is 1. The van der Waals surface area contributed by atoms with E-state index in [-0.39, 0.29) is 0 Å². The van der Waals surface area contributed by atoms with E-state index < -0.39 is 0 Å². The highest BCUT2D eigenvalue weighted by atomic mass is 32.1. The van der Waals surface area contributed by atoms with Gasteiger partial charge in [-0.25, -0.2) is 0 Å². The lowest BCUT2D eigenvalue weighted by Gasteiger charge is -2.21. The van der Waals surface area contributed by atoms with Crippen LogP contribution in [0, 0.1) is 11.8 Å². The van der Waals surface area contributed by atoms with E-state index in [0.29, 0.717) is 11.8 Å². The highest BCUT2D eigenvalue weighted by Crippen LogP contribution is 2.26. The molecule has 0 aliphatic heterocycles. The van der Waals surface area contributed by atoms with Gasteiger partial charge < -0.3 is 5.73 Å². The van der Waals surface area contributed by atoms with E-state index in [9.17, 15) is 0 Å². The second-order valence-electron chi connectivity index (χ2n) is 4.33. The summed E-state index contributed by atoms with van der Waals surface area (Å²) in [6, 6.07) is 0. The Hall–Kier alpha value is -0.110. The molecule has 2 N–H and O–H groups in total. The lowest BCUT2D eigenvalue weighted by Crippen LogP contribution is -2.26. The van der Waals surface area contributed by atoms with Gasteiger partial charge in [-0.3, -0.25) is 0 Å². The van der Waals surface area contributed by atoms with Gasteiger partial charge in [-0.05, 0) is 12.3 Å². The monoisotopic (exact) mass is 199 g/mol. The fourth-order valence-corrected chi connectivity index (χ4v) is 2.62. The first-order valence-electron chi connectivity index (χ1n) is 5.51. The average molecular weight is 199 g/mol. The van der Waals surface area contributed by atoms with Crippen molar-refractivity contribution in [3.8, 4) is 0 Å². The third-order valence-corrected chi connectivity index (χ3v) is 3.53. The molecule has 0 bridgehead atoms. The van der Waals surface area contributed by atoms with E-state index in [1.807, 2.05) is 0 Å². The zero-order valence-electron chi connectivity index (χ0n) is 8.59. The second kappa shape index (κ2) is 5.58. The van der Waals surface area contributed by atoms with Gasteiger partial charge in [0.25, 0.3) is 0 Å². The Balaban J connectivity index is 2.50. The van der Waals surface area contributed by atoms with Crippen LogP contribution >= 0.6 is 12.2 Å². The molecule has 0 aromatic carbocycles. The molecule has 0 saturated heterocycles. The van der Waals surface area contributed by atoms with Crippen LogP contribution in [-0.2, 0) is 0 Å². The third kappa shape index (κ3) is 3.63. The van der Waals surface area contributed by atoms with Gasteiger partial charge in [0.05, 0.1) is 4.99 Å². The molecule has 76 valence electrons. The molecule has 0 spiro atoms. The molecule has 2 atom stereocenters. The molecule has 13 heavy (non-hydrogen) atoms. The van der Waals surface area contributed by atoms with Crippen molar-refractivity contribution >= 4 is 17.2 Å². The zero-order valence-corrected chi connectivity index (χ0v) is 9.41. The van der Waals surface area contributed by atoms with Gasteiger partial charge >= 0.3 is 0 Å². The van der Waals surface area contributed by atoms with Crippen LogP contribution in [0.3, 0.4) is 0 Å². The molecule has 0 heterocycles. The quantitative estimate of drug-likeness (QED) is 0.656. The molecule has 1 aliphatic carbocycles. The largest absolute Gasteiger partial charge is 0.393 e. The van der Waals surface area contributed by atoms with E-state index >= 15 is 0 Å². The highest BCUT2D eigenvalue weighted by molar-refractivity contribution is 7.80. The van der Waals surface area contributed by atoms with Gasteiger partial charge in [-0.2, -0.15) is 0 Å². The van der Waals surface area contributed by atoms with Crippen LogP contribution in [0.15, 0.2) is 0 Å². The summed E-state index contributed by atoms with van der Waals surface area (Å²) in [7, 11) is 0. The molecule has 0 radical (unpaired) electrons. The Morgan fingerprint density at radius 3 is 2.23 bits per heavy atom. The predicted octanol–water partition coefficient (Wildman–Crippen LogP) is 3.27. The predicted molar refractivity (Wildman–Crippen MR) is 61.8 cm³/mol. The van der Waals surface area contributed by atoms with E-state index in [1.54, 1.807) is 0 Å². The maximum absolute atomic E-state index is 5.76. The lowest BCUT2D eigenvalue weighted by molar-refractivity contribution is 0.397. The summed E-state index contributed by atoms with van der Waals surface area (Å²) < 4.78 is 0. The molecule has 1 fully saturated rings. The van der Waals surface area contributed by atoms with Crippen LogP contribution < -0.4 is 5.73 Å². The third-order valence-electron chi connectivity index (χ3n) is 3.23. The summed E-state index contributed by atoms with van der Waals surface area (Å²) in [5.41, 5.74) is 5.76. The lowest BCUT2D eigenvalue weighted by atomic mass is 9.87. The summed E-state index contributed by atoms with van der Waals surface area (Å²) in [5.74, 6) is 1.21. The van der Waals surface area contributed by atoms with Crippen molar-refractivity contribution in [2.45, 2.75) is 51.9 Å². The summed E-state index contributed by atoms with van der Waals surface area (Å²) in [6.07, 6.45) is 9.36. The summed E-state index contributed by atoms with van der Waals surface area (Å²) in [4.78, 5) is 0.745. The number of thiocarbonyl (C=S) groups is 1. The molecular formula is C11H21NS. The van der Waals surface area contributed by atoms with Gasteiger partial charge in [-0.15, -0.1) is 0 Å². The minimum Gasteiger partial charge on any atom is -0.393 e. The Bertz CT molecular complexity index is 167. The van der Waals surface area contributed by atoms with Crippen molar-refractivity contribution in [3.05, 3.63) is 0 Å². The van der Waals surface area contributed by atoms with Gasteiger partial charge in [0.1, 0.15) is 0 Å².